The largest absolute Gasteiger partial charge is 0.472 e. The average Bonchev–Trinajstić information content (AvgIpc) is 3.22. The number of rotatable bonds is 9. The number of hydrogen-bond donors (Lipinski definition) is 1. The molecule has 0 unspecified atom stereocenters. The number of aliphatic hydroxyl groups excluding tert-OH is 1. The molecule has 1 fully saturated rings. The smallest absolute Gasteiger partial charge is 0.219 e. The summed E-state index contributed by atoms with van der Waals surface area (Å²) in [7, 11) is 0. The van der Waals surface area contributed by atoms with Crippen molar-refractivity contribution in [3.05, 3.63) is 78.4 Å². The summed E-state index contributed by atoms with van der Waals surface area (Å²) in [6, 6.07) is 7.62. The fourth-order valence-electron chi connectivity index (χ4n) is 3.29. The van der Waals surface area contributed by atoms with Crippen molar-refractivity contribution in [2.45, 2.75) is 39.4 Å². The SMILES string of the molecule is C=C/C=C(/Oc1ccc(N2CC[C@H](Oc3ccc(C)cn3)C2)c(CO)n1)C(=C)CC. The second kappa shape index (κ2) is 10.1. The Labute approximate surface area is 178 Å². The molecule has 1 aliphatic heterocycles. The van der Waals surface area contributed by atoms with Gasteiger partial charge < -0.3 is 19.5 Å². The number of aliphatic hydroxyl groups is 1. The van der Waals surface area contributed by atoms with Crippen LogP contribution in [0.25, 0.3) is 0 Å². The number of nitrogens with zero attached hydrogens (tertiary/aromatic N) is 3. The van der Waals surface area contributed by atoms with Crippen LogP contribution in [0.1, 0.15) is 31.0 Å². The van der Waals surface area contributed by atoms with Crippen LogP contribution in [0.5, 0.6) is 11.8 Å². The summed E-state index contributed by atoms with van der Waals surface area (Å²) in [5.74, 6) is 1.67. The number of aromatic nitrogens is 2. The average molecular weight is 408 g/mol. The molecule has 1 N–H and O–H groups in total. The quantitative estimate of drug-likeness (QED) is 0.492. The summed E-state index contributed by atoms with van der Waals surface area (Å²) in [6.07, 6.45) is 6.90. The zero-order valence-corrected chi connectivity index (χ0v) is 17.7. The predicted molar refractivity (Wildman–Crippen MR) is 119 cm³/mol. The van der Waals surface area contributed by atoms with Crippen molar-refractivity contribution in [1.82, 2.24) is 9.97 Å². The minimum atomic E-state index is -0.177. The number of allylic oxidation sites excluding steroid dienone is 3. The van der Waals surface area contributed by atoms with Gasteiger partial charge >= 0.3 is 0 Å². The molecule has 3 rings (SSSR count). The van der Waals surface area contributed by atoms with Crippen molar-refractivity contribution in [2.24, 2.45) is 0 Å². The summed E-state index contributed by atoms with van der Waals surface area (Å²) in [5.41, 5.74) is 3.42. The molecule has 2 aromatic heterocycles. The van der Waals surface area contributed by atoms with Gasteiger partial charge in [0, 0.05) is 31.3 Å². The molecule has 158 valence electrons. The van der Waals surface area contributed by atoms with Gasteiger partial charge in [-0.1, -0.05) is 32.2 Å². The maximum atomic E-state index is 9.89. The number of hydrogen-bond acceptors (Lipinski definition) is 6. The molecule has 1 saturated heterocycles. The molecule has 0 aromatic carbocycles. The highest BCUT2D eigenvalue weighted by Gasteiger charge is 2.26. The maximum Gasteiger partial charge on any atom is 0.219 e. The van der Waals surface area contributed by atoms with Crippen LogP contribution in [-0.4, -0.2) is 34.3 Å². The summed E-state index contributed by atoms with van der Waals surface area (Å²) in [5, 5.41) is 9.89. The van der Waals surface area contributed by atoms with Crippen molar-refractivity contribution < 1.29 is 14.6 Å². The zero-order valence-electron chi connectivity index (χ0n) is 17.7. The van der Waals surface area contributed by atoms with Gasteiger partial charge in [0.1, 0.15) is 11.9 Å². The van der Waals surface area contributed by atoms with E-state index < -0.39 is 0 Å². The van der Waals surface area contributed by atoms with E-state index in [2.05, 4.69) is 28.0 Å². The van der Waals surface area contributed by atoms with Gasteiger partial charge in [0.15, 0.2) is 0 Å². The minimum Gasteiger partial charge on any atom is -0.472 e. The van der Waals surface area contributed by atoms with Gasteiger partial charge in [0.25, 0.3) is 0 Å². The number of ether oxygens (including phenoxy) is 2. The van der Waals surface area contributed by atoms with E-state index in [1.165, 1.54) is 0 Å². The van der Waals surface area contributed by atoms with Gasteiger partial charge in [0.05, 0.1) is 24.5 Å². The van der Waals surface area contributed by atoms with Crippen LogP contribution in [0.15, 0.2) is 67.1 Å². The van der Waals surface area contributed by atoms with Crippen LogP contribution in [0, 0.1) is 6.92 Å². The molecule has 0 bridgehead atoms. The predicted octanol–water partition coefficient (Wildman–Crippen LogP) is 4.35. The van der Waals surface area contributed by atoms with Gasteiger partial charge in [0.2, 0.25) is 11.8 Å². The van der Waals surface area contributed by atoms with E-state index in [0.717, 1.165) is 36.2 Å². The molecule has 0 aliphatic carbocycles. The fourth-order valence-corrected chi connectivity index (χ4v) is 3.29. The van der Waals surface area contributed by atoms with E-state index in [4.69, 9.17) is 9.47 Å². The first-order valence-electron chi connectivity index (χ1n) is 10.2. The first-order chi connectivity index (χ1) is 14.5. The van der Waals surface area contributed by atoms with Crippen LogP contribution < -0.4 is 14.4 Å². The summed E-state index contributed by atoms with van der Waals surface area (Å²) < 4.78 is 11.9. The maximum absolute atomic E-state index is 9.89. The normalized spacial score (nSPS) is 16.4. The summed E-state index contributed by atoms with van der Waals surface area (Å²) in [4.78, 5) is 11.0. The number of anilines is 1. The van der Waals surface area contributed by atoms with E-state index in [9.17, 15) is 5.11 Å². The lowest BCUT2D eigenvalue weighted by atomic mass is 10.2. The lowest BCUT2D eigenvalue weighted by molar-refractivity contribution is 0.215. The molecular weight excluding hydrogens is 378 g/mol. The van der Waals surface area contributed by atoms with Gasteiger partial charge in [-0.15, -0.1) is 0 Å². The molecule has 1 aliphatic rings. The van der Waals surface area contributed by atoms with Gasteiger partial charge in [-0.3, -0.25) is 0 Å². The standard InChI is InChI=1S/C24H29N3O3/c1-5-7-22(18(4)6-2)30-24-11-9-21(20(16-28)26-24)27-13-12-19(15-27)29-23-10-8-17(3)14-25-23/h5,7-11,14,19,28H,1,4,6,12-13,15-16H2,2-3H3/b22-7+/t19-/m0/s1. The third-order valence-corrected chi connectivity index (χ3v) is 4.99. The third-order valence-electron chi connectivity index (χ3n) is 4.99. The Morgan fingerprint density at radius 1 is 1.30 bits per heavy atom. The topological polar surface area (TPSA) is 67.7 Å². The van der Waals surface area contributed by atoms with Gasteiger partial charge in [-0.25, -0.2) is 9.97 Å². The molecule has 6 heteroatoms. The second-order valence-electron chi connectivity index (χ2n) is 7.25. The molecule has 0 radical (unpaired) electrons. The van der Waals surface area contributed by atoms with Crippen molar-refractivity contribution in [3.8, 4) is 11.8 Å². The molecule has 0 amide bonds. The van der Waals surface area contributed by atoms with Crippen molar-refractivity contribution in [2.75, 3.05) is 18.0 Å². The Morgan fingerprint density at radius 2 is 2.10 bits per heavy atom. The van der Waals surface area contributed by atoms with E-state index in [-0.39, 0.29) is 12.7 Å². The Balaban J connectivity index is 1.70. The molecule has 6 nitrogen and oxygen atoms in total. The first-order valence-corrected chi connectivity index (χ1v) is 10.2. The highest BCUT2D eigenvalue weighted by molar-refractivity contribution is 5.53. The molecule has 2 aromatic rings. The van der Waals surface area contributed by atoms with Crippen LogP contribution in [0.3, 0.4) is 0 Å². The van der Waals surface area contributed by atoms with Gasteiger partial charge in [-0.05, 0) is 36.6 Å². The lowest BCUT2D eigenvalue weighted by Gasteiger charge is -2.21. The Morgan fingerprint density at radius 3 is 2.77 bits per heavy atom. The zero-order chi connectivity index (χ0) is 21.5. The Kier molecular flexibility index (Phi) is 7.25. The van der Waals surface area contributed by atoms with E-state index >= 15 is 0 Å². The first kappa shape index (κ1) is 21.6. The van der Waals surface area contributed by atoms with Crippen LogP contribution in [-0.2, 0) is 6.61 Å². The molecule has 0 saturated carbocycles. The van der Waals surface area contributed by atoms with E-state index in [1.807, 2.05) is 38.1 Å². The van der Waals surface area contributed by atoms with Crippen molar-refractivity contribution in [3.63, 3.8) is 0 Å². The van der Waals surface area contributed by atoms with Gasteiger partial charge in [-0.2, -0.15) is 0 Å². The number of aryl methyl sites for hydroxylation is 1. The summed E-state index contributed by atoms with van der Waals surface area (Å²) in [6.45, 7) is 13.1. The lowest BCUT2D eigenvalue weighted by Crippen LogP contribution is -2.26. The molecule has 1 atom stereocenters. The minimum absolute atomic E-state index is 0.0395. The monoisotopic (exact) mass is 407 g/mol. The van der Waals surface area contributed by atoms with Crippen LogP contribution >= 0.6 is 0 Å². The Bertz CT molecular complexity index is 922. The molecular formula is C24H29N3O3. The van der Waals surface area contributed by atoms with E-state index in [1.54, 1.807) is 18.3 Å². The van der Waals surface area contributed by atoms with Crippen molar-refractivity contribution >= 4 is 5.69 Å². The summed E-state index contributed by atoms with van der Waals surface area (Å²) >= 11 is 0. The molecule has 30 heavy (non-hydrogen) atoms. The molecule has 3 heterocycles. The van der Waals surface area contributed by atoms with Crippen LogP contribution in [0.2, 0.25) is 0 Å². The molecule has 0 spiro atoms. The van der Waals surface area contributed by atoms with Crippen LogP contribution in [0.4, 0.5) is 5.69 Å². The fraction of sp³-hybridized carbons (Fsp3) is 0.333. The third kappa shape index (κ3) is 5.27. The second-order valence-corrected chi connectivity index (χ2v) is 7.25. The highest BCUT2D eigenvalue weighted by atomic mass is 16.5. The Hall–Kier alpha value is -3.12. The number of pyridine rings is 2. The van der Waals surface area contributed by atoms with E-state index in [0.29, 0.717) is 29.8 Å². The van der Waals surface area contributed by atoms with Crippen molar-refractivity contribution in [1.29, 1.82) is 0 Å². The highest BCUT2D eigenvalue weighted by Crippen LogP contribution is 2.28.